The highest BCUT2D eigenvalue weighted by atomic mass is 15.2. The van der Waals surface area contributed by atoms with Crippen molar-refractivity contribution >= 4 is 0 Å². The highest BCUT2D eigenvalue weighted by Crippen LogP contribution is 2.42. The van der Waals surface area contributed by atoms with Gasteiger partial charge in [-0.2, -0.15) is 0 Å². The van der Waals surface area contributed by atoms with E-state index in [1.165, 1.54) is 51.5 Å². The molecule has 2 atom stereocenters. The molecule has 3 aliphatic rings. The third kappa shape index (κ3) is 2.53. The molecule has 17 heavy (non-hydrogen) atoms. The summed E-state index contributed by atoms with van der Waals surface area (Å²) >= 11 is 0. The van der Waals surface area contributed by atoms with E-state index in [0.29, 0.717) is 17.5 Å². The Balaban J connectivity index is 1.70. The molecule has 0 radical (unpaired) electrons. The fourth-order valence-corrected chi connectivity index (χ4v) is 3.57. The van der Waals surface area contributed by atoms with E-state index >= 15 is 0 Å². The van der Waals surface area contributed by atoms with E-state index in [2.05, 4.69) is 18.7 Å². The lowest BCUT2D eigenvalue weighted by molar-refractivity contribution is 0.0591. The largest absolute Gasteiger partial charge is 0.326 e. The Hall–Kier alpha value is -0.0800. The normalized spacial score (nSPS) is 37.4. The first-order valence-corrected chi connectivity index (χ1v) is 7.59. The van der Waals surface area contributed by atoms with Gasteiger partial charge in [-0.05, 0) is 49.9 Å². The molecule has 2 unspecified atom stereocenters. The number of nitrogens with two attached hydrogens (primary N) is 1. The molecule has 3 fully saturated rings. The van der Waals surface area contributed by atoms with Crippen molar-refractivity contribution in [3.8, 4) is 0 Å². The number of hydrogen-bond acceptors (Lipinski definition) is 2. The molecule has 0 aromatic rings. The van der Waals surface area contributed by atoms with Crippen LogP contribution in [0.15, 0.2) is 0 Å². The second-order valence-electron chi connectivity index (χ2n) is 7.35. The summed E-state index contributed by atoms with van der Waals surface area (Å²) in [5.74, 6) is 1.01. The van der Waals surface area contributed by atoms with Gasteiger partial charge in [0.15, 0.2) is 0 Å². The van der Waals surface area contributed by atoms with E-state index in [4.69, 9.17) is 5.73 Å². The van der Waals surface area contributed by atoms with Crippen LogP contribution < -0.4 is 5.73 Å². The van der Waals surface area contributed by atoms with Crippen LogP contribution in [-0.2, 0) is 0 Å². The molecule has 3 aliphatic carbocycles. The van der Waals surface area contributed by atoms with Crippen LogP contribution in [0.1, 0.15) is 58.8 Å². The minimum Gasteiger partial charge on any atom is -0.326 e. The summed E-state index contributed by atoms with van der Waals surface area (Å²) < 4.78 is 0. The number of hydrogen-bond donors (Lipinski definition) is 1. The molecule has 2 N–H and O–H groups in total. The quantitative estimate of drug-likeness (QED) is 0.813. The summed E-state index contributed by atoms with van der Waals surface area (Å²) in [6, 6.07) is 1.95. The number of nitrogens with zero attached hydrogens (tertiary/aromatic N) is 1. The van der Waals surface area contributed by atoms with Crippen LogP contribution in [0.25, 0.3) is 0 Å². The Morgan fingerprint density at radius 3 is 2.41 bits per heavy atom. The Morgan fingerprint density at radius 2 is 1.82 bits per heavy atom. The van der Waals surface area contributed by atoms with E-state index in [1.54, 1.807) is 0 Å². The molecule has 3 saturated carbocycles. The molecule has 98 valence electrons. The maximum Gasteiger partial charge on any atom is 0.0255 e. The second kappa shape index (κ2) is 4.24. The van der Waals surface area contributed by atoms with Crippen molar-refractivity contribution < 1.29 is 0 Å². The average molecular weight is 236 g/mol. The van der Waals surface area contributed by atoms with E-state index in [9.17, 15) is 0 Å². The monoisotopic (exact) mass is 236 g/mol. The zero-order valence-corrected chi connectivity index (χ0v) is 11.5. The average Bonchev–Trinajstić information content (AvgIpc) is 3.13. The molecule has 2 heteroatoms. The van der Waals surface area contributed by atoms with Gasteiger partial charge in [0.25, 0.3) is 0 Å². The van der Waals surface area contributed by atoms with Gasteiger partial charge in [0, 0.05) is 24.7 Å². The smallest absolute Gasteiger partial charge is 0.0255 e. The molecular weight excluding hydrogens is 208 g/mol. The highest BCUT2D eigenvalue weighted by Gasteiger charge is 2.44. The van der Waals surface area contributed by atoms with Crippen molar-refractivity contribution in [2.75, 3.05) is 6.54 Å². The van der Waals surface area contributed by atoms with Crippen LogP contribution in [0.3, 0.4) is 0 Å². The van der Waals surface area contributed by atoms with Crippen LogP contribution in [0, 0.1) is 11.3 Å². The lowest BCUT2D eigenvalue weighted by atomic mass is 9.70. The summed E-state index contributed by atoms with van der Waals surface area (Å²) in [6.45, 7) is 6.08. The highest BCUT2D eigenvalue weighted by molar-refractivity contribution is 5.01. The minimum absolute atomic E-state index is 0.347. The van der Waals surface area contributed by atoms with Gasteiger partial charge in [0.05, 0.1) is 0 Å². The summed E-state index contributed by atoms with van der Waals surface area (Å²) in [7, 11) is 0. The standard InChI is InChI=1S/C15H28N2/c1-15(2)9-3-4-13(14(15)16)17(12-7-8-12)10-11-5-6-11/h11-14H,3-10,16H2,1-2H3. The first-order valence-electron chi connectivity index (χ1n) is 7.59. The fourth-order valence-electron chi connectivity index (χ4n) is 3.57. The van der Waals surface area contributed by atoms with E-state index in [0.717, 1.165) is 12.0 Å². The van der Waals surface area contributed by atoms with Crippen molar-refractivity contribution in [1.29, 1.82) is 0 Å². The molecule has 0 saturated heterocycles. The van der Waals surface area contributed by atoms with E-state index in [-0.39, 0.29) is 0 Å². The molecule has 0 bridgehead atoms. The topological polar surface area (TPSA) is 29.3 Å². The van der Waals surface area contributed by atoms with Gasteiger partial charge in [0.2, 0.25) is 0 Å². The fraction of sp³-hybridized carbons (Fsp3) is 1.00. The molecule has 0 spiro atoms. The predicted molar refractivity (Wildman–Crippen MR) is 71.8 cm³/mol. The van der Waals surface area contributed by atoms with Gasteiger partial charge in [-0.25, -0.2) is 0 Å². The van der Waals surface area contributed by atoms with E-state index in [1.807, 2.05) is 0 Å². The summed E-state index contributed by atoms with van der Waals surface area (Å²) in [4.78, 5) is 2.81. The van der Waals surface area contributed by atoms with Gasteiger partial charge in [-0.15, -0.1) is 0 Å². The first kappa shape index (κ1) is 12.0. The zero-order valence-electron chi connectivity index (χ0n) is 11.5. The van der Waals surface area contributed by atoms with Crippen LogP contribution in [0.2, 0.25) is 0 Å². The summed E-state index contributed by atoms with van der Waals surface area (Å²) in [5, 5.41) is 0. The molecule has 3 rings (SSSR count). The minimum atomic E-state index is 0.347. The maximum absolute atomic E-state index is 6.58. The van der Waals surface area contributed by atoms with Gasteiger partial charge in [-0.1, -0.05) is 20.3 Å². The van der Waals surface area contributed by atoms with Crippen molar-refractivity contribution in [3.63, 3.8) is 0 Å². The van der Waals surface area contributed by atoms with Crippen LogP contribution >= 0.6 is 0 Å². The summed E-state index contributed by atoms with van der Waals surface area (Å²) in [6.07, 6.45) is 9.82. The van der Waals surface area contributed by atoms with Crippen LogP contribution in [-0.4, -0.2) is 29.6 Å². The van der Waals surface area contributed by atoms with Gasteiger partial charge in [-0.3, -0.25) is 4.90 Å². The van der Waals surface area contributed by atoms with Crippen LogP contribution in [0.5, 0.6) is 0 Å². The van der Waals surface area contributed by atoms with Gasteiger partial charge >= 0.3 is 0 Å². The first-order chi connectivity index (χ1) is 8.08. The molecule has 2 nitrogen and oxygen atoms in total. The van der Waals surface area contributed by atoms with Crippen molar-refractivity contribution in [2.45, 2.75) is 76.9 Å². The lowest BCUT2D eigenvalue weighted by Gasteiger charge is -2.47. The third-order valence-corrected chi connectivity index (χ3v) is 5.25. The Kier molecular flexibility index (Phi) is 2.99. The SMILES string of the molecule is CC1(C)CCCC(N(CC2CC2)C2CC2)C1N. The molecule has 0 heterocycles. The van der Waals surface area contributed by atoms with Crippen molar-refractivity contribution in [2.24, 2.45) is 17.1 Å². The molecular formula is C15H28N2. The van der Waals surface area contributed by atoms with Crippen molar-refractivity contribution in [1.82, 2.24) is 4.90 Å². The van der Waals surface area contributed by atoms with Gasteiger partial charge in [0.1, 0.15) is 0 Å². The molecule has 0 aromatic carbocycles. The zero-order chi connectivity index (χ0) is 12.0. The second-order valence-corrected chi connectivity index (χ2v) is 7.35. The van der Waals surface area contributed by atoms with Gasteiger partial charge < -0.3 is 5.73 Å². The third-order valence-electron chi connectivity index (χ3n) is 5.25. The Bertz CT molecular complexity index is 279. The maximum atomic E-state index is 6.58. The molecule has 0 aliphatic heterocycles. The Morgan fingerprint density at radius 1 is 1.12 bits per heavy atom. The predicted octanol–water partition coefficient (Wildman–Crippen LogP) is 2.77. The van der Waals surface area contributed by atoms with Crippen LogP contribution in [0.4, 0.5) is 0 Å². The summed E-state index contributed by atoms with van der Waals surface area (Å²) in [5.41, 5.74) is 6.92. The Labute approximate surface area is 106 Å². The molecule has 0 amide bonds. The van der Waals surface area contributed by atoms with E-state index < -0.39 is 0 Å². The molecule has 0 aromatic heterocycles. The van der Waals surface area contributed by atoms with Crippen molar-refractivity contribution in [3.05, 3.63) is 0 Å². The lowest BCUT2D eigenvalue weighted by Crippen LogP contribution is -2.57. The number of rotatable bonds is 4.